The lowest BCUT2D eigenvalue weighted by molar-refractivity contribution is 0.400. The zero-order valence-corrected chi connectivity index (χ0v) is 7.33. The summed E-state index contributed by atoms with van der Waals surface area (Å²) in [5, 5.41) is 2.29. The number of hydrogen-bond donors (Lipinski definition) is 1. The third kappa shape index (κ3) is 2.81. The highest BCUT2D eigenvalue weighted by Gasteiger charge is 2.07. The molecule has 1 heterocycles. The van der Waals surface area contributed by atoms with Gasteiger partial charge < -0.3 is 4.52 Å². The second-order valence-corrected chi connectivity index (χ2v) is 4.59. The molecular weight excluding hydrogens is 188 g/mol. The molecule has 0 atom stereocenters. The number of aromatic nitrogens is 2. The van der Waals surface area contributed by atoms with Gasteiger partial charge in [0.1, 0.15) is 5.75 Å². The number of sulfone groups is 1. The first-order valence-corrected chi connectivity index (χ1v) is 5.16. The maximum Gasteiger partial charge on any atom is 0.314 e. The van der Waals surface area contributed by atoms with Crippen molar-refractivity contribution in [1.82, 2.24) is 10.1 Å². The van der Waals surface area contributed by atoms with Crippen molar-refractivity contribution in [3.8, 4) is 0 Å². The van der Waals surface area contributed by atoms with E-state index in [1.807, 2.05) is 0 Å². The fourth-order valence-electron chi connectivity index (χ4n) is 0.568. The van der Waals surface area contributed by atoms with Crippen molar-refractivity contribution in [2.45, 2.75) is 5.75 Å². The van der Waals surface area contributed by atoms with Gasteiger partial charge >= 0.3 is 4.84 Å². The summed E-state index contributed by atoms with van der Waals surface area (Å²) in [4.78, 5) is 3.63. The zero-order valence-electron chi connectivity index (χ0n) is 5.70. The molecule has 0 amide bonds. The van der Waals surface area contributed by atoms with E-state index >= 15 is 0 Å². The van der Waals surface area contributed by atoms with Gasteiger partial charge in [0.25, 0.3) is 0 Å². The molecule has 0 fully saturated rings. The lowest BCUT2D eigenvalue weighted by Gasteiger charge is -1.88. The molecule has 0 saturated carbocycles. The summed E-state index contributed by atoms with van der Waals surface area (Å²) in [7, 11) is -3.06. The molecule has 0 bridgehead atoms. The van der Waals surface area contributed by atoms with E-state index in [1.54, 1.807) is 0 Å². The average Bonchev–Trinajstić information content (AvgIpc) is 2.10. The third-order valence-corrected chi connectivity index (χ3v) is 1.85. The van der Waals surface area contributed by atoms with Gasteiger partial charge in [-0.2, -0.15) is 4.98 Å². The van der Waals surface area contributed by atoms with E-state index in [4.69, 9.17) is 0 Å². The molecule has 1 aromatic rings. The van der Waals surface area contributed by atoms with E-state index < -0.39 is 9.84 Å². The molecule has 0 saturated heterocycles. The summed E-state index contributed by atoms with van der Waals surface area (Å²) in [6, 6.07) is 0. The Morgan fingerprint density at radius 3 is 2.73 bits per heavy atom. The maximum atomic E-state index is 10.7. The summed E-state index contributed by atoms with van der Waals surface area (Å²) in [6.07, 6.45) is 1.11. The van der Waals surface area contributed by atoms with Crippen LogP contribution in [0.4, 0.5) is 0 Å². The first-order chi connectivity index (χ1) is 4.97. The van der Waals surface area contributed by atoms with Gasteiger partial charge in [-0.1, -0.05) is 0 Å². The van der Waals surface area contributed by atoms with Gasteiger partial charge in [0.05, 0.1) is 0 Å². The number of hydrogen-bond acceptors (Lipinski definition) is 5. The van der Waals surface area contributed by atoms with Crippen molar-refractivity contribution in [3.63, 3.8) is 0 Å². The molecule has 1 aromatic heterocycles. The highest BCUT2D eigenvalue weighted by molar-refractivity contribution is 7.89. The van der Waals surface area contributed by atoms with Crippen molar-refractivity contribution in [2.24, 2.45) is 0 Å². The van der Waals surface area contributed by atoms with Gasteiger partial charge in [0.15, 0.2) is 15.7 Å². The quantitative estimate of drug-likeness (QED) is 0.684. The van der Waals surface area contributed by atoms with Crippen LogP contribution < -0.4 is 0 Å². The first kappa shape index (κ1) is 8.41. The molecule has 62 valence electrons. The van der Waals surface area contributed by atoms with Crippen molar-refractivity contribution in [2.75, 3.05) is 6.26 Å². The van der Waals surface area contributed by atoms with Crippen LogP contribution in [0.2, 0.25) is 0 Å². The lowest BCUT2D eigenvalue weighted by atomic mass is 10.7. The van der Waals surface area contributed by atoms with E-state index in [1.165, 1.54) is 0 Å². The van der Waals surface area contributed by atoms with Crippen LogP contribution in [0.15, 0.2) is 4.52 Å². The molecule has 0 aliphatic rings. The number of nitrogens with one attached hydrogen (secondary N) is 1. The molecule has 1 rings (SSSR count). The summed E-state index contributed by atoms with van der Waals surface area (Å²) in [6.45, 7) is 0. The molecule has 0 aliphatic carbocycles. The van der Waals surface area contributed by atoms with Crippen molar-refractivity contribution < 1.29 is 12.9 Å². The molecule has 5 nitrogen and oxygen atoms in total. The second kappa shape index (κ2) is 2.74. The molecule has 0 radical (unpaired) electrons. The topological polar surface area (TPSA) is 76.0 Å². The molecule has 0 aliphatic heterocycles. The Hall–Kier alpha value is -0.690. The van der Waals surface area contributed by atoms with E-state index in [9.17, 15) is 8.42 Å². The Kier molecular flexibility index (Phi) is 2.10. The van der Waals surface area contributed by atoms with Gasteiger partial charge in [-0.15, -0.1) is 0 Å². The first-order valence-electron chi connectivity index (χ1n) is 2.69. The molecule has 11 heavy (non-hydrogen) atoms. The number of rotatable bonds is 2. The van der Waals surface area contributed by atoms with Crippen molar-refractivity contribution >= 4 is 22.1 Å². The van der Waals surface area contributed by atoms with Gasteiger partial charge in [-0.25, -0.2) is 13.6 Å². The molecule has 7 heteroatoms. The normalized spacial score (nSPS) is 11.7. The minimum absolute atomic E-state index is 0.0173. The van der Waals surface area contributed by atoms with Crippen LogP contribution in [0.5, 0.6) is 0 Å². The maximum absolute atomic E-state index is 10.7. The smallest absolute Gasteiger partial charge is 0.314 e. The zero-order chi connectivity index (χ0) is 8.48. The summed E-state index contributed by atoms with van der Waals surface area (Å²) in [5.41, 5.74) is 0. The molecular formula is C4H6N2O3S2. The minimum Gasteiger partial charge on any atom is -0.348 e. The third-order valence-electron chi connectivity index (χ3n) is 0.881. The van der Waals surface area contributed by atoms with Gasteiger partial charge in [-0.05, 0) is 12.2 Å². The monoisotopic (exact) mass is 194 g/mol. The van der Waals surface area contributed by atoms with Gasteiger partial charge in [0.2, 0.25) is 0 Å². The van der Waals surface area contributed by atoms with Crippen molar-refractivity contribution in [1.29, 1.82) is 0 Å². The SMILES string of the molecule is CS(=O)(=O)Cc1nc(=S)o[nH]1. The standard InChI is InChI=1S/C4H6N2O3S2/c1-11(7,8)2-3-5-4(10)9-6-3/h2H2,1H3,(H,5,6,10). The minimum atomic E-state index is -3.06. The molecule has 1 N–H and O–H groups in total. The highest BCUT2D eigenvalue weighted by atomic mass is 32.2. The Morgan fingerprint density at radius 1 is 1.73 bits per heavy atom. The fraction of sp³-hybridized carbons (Fsp3) is 0.500. The van der Waals surface area contributed by atoms with Gasteiger partial charge in [0, 0.05) is 6.26 Å². The van der Waals surface area contributed by atoms with Crippen LogP contribution in [0.1, 0.15) is 5.82 Å². The van der Waals surface area contributed by atoms with E-state index in [2.05, 4.69) is 26.9 Å². The van der Waals surface area contributed by atoms with Crippen LogP contribution >= 0.6 is 12.2 Å². The summed E-state index contributed by atoms with van der Waals surface area (Å²) < 4.78 is 25.9. The predicted octanol–water partition coefficient (Wildman–Crippen LogP) is 0.277. The molecule has 0 aromatic carbocycles. The van der Waals surface area contributed by atoms with Crippen LogP contribution in [0, 0.1) is 4.84 Å². The number of H-pyrrole nitrogens is 1. The predicted molar refractivity (Wildman–Crippen MR) is 40.2 cm³/mol. The van der Waals surface area contributed by atoms with E-state index in [-0.39, 0.29) is 16.4 Å². The van der Waals surface area contributed by atoms with Crippen LogP contribution in [-0.2, 0) is 15.6 Å². The lowest BCUT2D eigenvalue weighted by Crippen LogP contribution is -2.01. The summed E-state index contributed by atoms with van der Waals surface area (Å²) in [5.74, 6) is 0.0603. The Morgan fingerprint density at radius 2 is 2.36 bits per heavy atom. The molecule has 0 spiro atoms. The highest BCUT2D eigenvalue weighted by Crippen LogP contribution is 1.97. The Labute approximate surface area is 68.3 Å². The molecule has 0 unspecified atom stereocenters. The second-order valence-electron chi connectivity index (χ2n) is 2.10. The van der Waals surface area contributed by atoms with E-state index in [0.717, 1.165) is 6.26 Å². The summed E-state index contributed by atoms with van der Waals surface area (Å²) >= 11 is 4.52. The van der Waals surface area contributed by atoms with Crippen LogP contribution in [0.3, 0.4) is 0 Å². The van der Waals surface area contributed by atoms with Gasteiger partial charge in [-0.3, -0.25) is 0 Å². The Balaban J connectivity index is 2.90. The van der Waals surface area contributed by atoms with E-state index in [0.29, 0.717) is 0 Å². The largest absolute Gasteiger partial charge is 0.348 e. The Bertz CT molecular complexity index is 387. The number of nitrogens with zero attached hydrogens (tertiary/aromatic N) is 1. The van der Waals surface area contributed by atoms with Crippen LogP contribution in [-0.4, -0.2) is 24.8 Å². The van der Waals surface area contributed by atoms with Crippen molar-refractivity contribution in [3.05, 3.63) is 10.7 Å². The average molecular weight is 194 g/mol. The van der Waals surface area contributed by atoms with Crippen LogP contribution in [0.25, 0.3) is 0 Å². The fourth-order valence-corrected chi connectivity index (χ4v) is 1.34. The number of aromatic amines is 1.